The van der Waals surface area contributed by atoms with Crippen LogP contribution in [0.5, 0.6) is 0 Å². The zero-order valence-corrected chi connectivity index (χ0v) is 23.9. The van der Waals surface area contributed by atoms with E-state index in [1.54, 1.807) is 0 Å². The Labute approximate surface area is 224 Å². The zero-order valence-electron chi connectivity index (χ0n) is 22.3. The van der Waals surface area contributed by atoms with Crippen molar-refractivity contribution in [3.05, 3.63) is 41.3 Å². The van der Waals surface area contributed by atoms with Gasteiger partial charge in [0.2, 0.25) is 20.0 Å². The maximum absolute atomic E-state index is 13.4. The van der Waals surface area contributed by atoms with Crippen molar-refractivity contribution in [2.45, 2.75) is 63.2 Å². The molecule has 0 aliphatic carbocycles. The summed E-state index contributed by atoms with van der Waals surface area (Å²) >= 11 is 0. The summed E-state index contributed by atoms with van der Waals surface area (Å²) in [5.41, 5.74) is 2.26. The van der Waals surface area contributed by atoms with Gasteiger partial charge in [-0.25, -0.2) is 16.8 Å². The number of benzene rings is 3. The second-order valence-electron chi connectivity index (χ2n) is 9.15. The zero-order chi connectivity index (χ0) is 28.1. The van der Waals surface area contributed by atoms with Gasteiger partial charge in [0.15, 0.2) is 0 Å². The molecule has 0 atom stereocenters. The van der Waals surface area contributed by atoms with E-state index in [0.717, 1.165) is 0 Å². The average Bonchev–Trinajstić information content (AvgIpc) is 2.90. The summed E-state index contributed by atoms with van der Waals surface area (Å²) in [4.78, 5) is 12.2. The van der Waals surface area contributed by atoms with Crippen LogP contribution in [0.25, 0.3) is 21.5 Å². The second-order valence-corrected chi connectivity index (χ2v) is 13.0. The van der Waals surface area contributed by atoms with Crippen LogP contribution in [0.4, 0.5) is 11.4 Å². The van der Waals surface area contributed by atoms with Crippen LogP contribution in [0.1, 0.15) is 53.4 Å². The van der Waals surface area contributed by atoms with Crippen molar-refractivity contribution in [3.63, 3.8) is 0 Å². The molecule has 0 saturated heterocycles. The van der Waals surface area contributed by atoms with Crippen LogP contribution >= 0.6 is 0 Å². The molecule has 208 valence electrons. The fourth-order valence-electron chi connectivity index (χ4n) is 4.70. The minimum Gasteiger partial charge on any atom is -0.291 e. The average molecular weight is 565 g/mol. The summed E-state index contributed by atoms with van der Waals surface area (Å²) in [7, 11) is -7.73. The Kier molecular flexibility index (Phi) is 9.82. The smallest absolute Gasteiger partial charge is 0.243 e. The van der Waals surface area contributed by atoms with Crippen LogP contribution in [0, 0.1) is 4.91 Å². The second kappa shape index (κ2) is 12.5. The molecule has 0 aromatic heterocycles. The molecule has 0 aliphatic rings. The van der Waals surface area contributed by atoms with E-state index in [9.17, 15) is 26.9 Å². The molecule has 0 spiro atoms. The first kappa shape index (κ1) is 29.9. The first-order valence-corrected chi connectivity index (χ1v) is 15.8. The summed E-state index contributed by atoms with van der Waals surface area (Å²) in [6.45, 7) is 8.97. The van der Waals surface area contributed by atoms with Crippen LogP contribution in [0.15, 0.2) is 51.4 Å². The van der Waals surface area contributed by atoms with Crippen molar-refractivity contribution in [2.24, 2.45) is 5.18 Å². The highest BCUT2D eigenvalue weighted by Crippen LogP contribution is 2.43. The van der Waals surface area contributed by atoms with Gasteiger partial charge in [-0.2, -0.15) is 8.61 Å². The molecule has 3 rings (SSSR count). The Hall–Kier alpha value is -2.64. The highest BCUT2D eigenvalue weighted by atomic mass is 32.2. The van der Waals surface area contributed by atoms with Gasteiger partial charge in [-0.1, -0.05) is 39.8 Å². The van der Waals surface area contributed by atoms with Gasteiger partial charge in [-0.05, 0) is 55.1 Å². The van der Waals surface area contributed by atoms with E-state index < -0.39 is 20.0 Å². The highest BCUT2D eigenvalue weighted by Gasteiger charge is 2.27. The van der Waals surface area contributed by atoms with Gasteiger partial charge >= 0.3 is 0 Å². The largest absolute Gasteiger partial charge is 0.291 e. The quantitative estimate of drug-likeness (QED) is 0.143. The Morgan fingerprint density at radius 3 is 1.34 bits per heavy atom. The van der Waals surface area contributed by atoms with Crippen LogP contribution in [0.2, 0.25) is 0 Å². The number of hydrogen-bond donors (Lipinski definition) is 2. The third kappa shape index (κ3) is 5.55. The molecule has 0 radical (unpaired) electrons. The highest BCUT2D eigenvalue weighted by molar-refractivity contribution is 7.89. The van der Waals surface area contributed by atoms with E-state index in [-0.39, 0.29) is 31.9 Å². The molecule has 0 fully saturated rings. The van der Waals surface area contributed by atoms with Crippen molar-refractivity contribution in [1.82, 2.24) is 8.61 Å². The van der Waals surface area contributed by atoms with Crippen molar-refractivity contribution in [1.29, 1.82) is 0 Å². The standard InChI is InChI=1S/C26H36N4O6S2/c1-5-13-29(14-6-2)37(33,34)19-9-11-21-23(17-19)26(28-32)24-18-20(10-12-22(24)25(21)27-31)38(35,36)30(15-7-3)16-8-4/h9-12,17-18,27,31H,5-8,13-16H2,1-4H3. The van der Waals surface area contributed by atoms with E-state index in [4.69, 9.17) is 0 Å². The number of rotatable bonds is 14. The van der Waals surface area contributed by atoms with E-state index in [0.29, 0.717) is 62.6 Å². The van der Waals surface area contributed by atoms with Crippen LogP contribution < -0.4 is 5.48 Å². The summed E-state index contributed by atoms with van der Waals surface area (Å²) in [6.07, 6.45) is 2.56. The Balaban J connectivity index is 2.33. The number of fused-ring (bicyclic) bond motifs is 2. The van der Waals surface area contributed by atoms with E-state index in [2.05, 4.69) is 10.7 Å². The number of nitrogens with one attached hydrogen (secondary N) is 1. The normalized spacial score (nSPS) is 12.6. The predicted molar refractivity (Wildman–Crippen MR) is 151 cm³/mol. The number of nitroso groups, excluding NO2 is 1. The van der Waals surface area contributed by atoms with E-state index in [1.165, 1.54) is 45.0 Å². The number of hydrogen-bond acceptors (Lipinski definition) is 8. The molecule has 0 unspecified atom stereocenters. The molecule has 0 heterocycles. The van der Waals surface area contributed by atoms with Gasteiger partial charge in [0.1, 0.15) is 5.69 Å². The molecule has 3 aromatic carbocycles. The molecule has 2 N–H and O–H groups in total. The number of nitrogens with zero attached hydrogens (tertiary/aromatic N) is 3. The third-order valence-electron chi connectivity index (χ3n) is 6.40. The molecule has 0 saturated carbocycles. The van der Waals surface area contributed by atoms with Crippen LogP contribution in [-0.4, -0.2) is 56.8 Å². The van der Waals surface area contributed by atoms with Gasteiger partial charge in [0, 0.05) is 47.7 Å². The van der Waals surface area contributed by atoms with Gasteiger partial charge in [0.25, 0.3) is 0 Å². The first-order valence-electron chi connectivity index (χ1n) is 12.9. The van der Waals surface area contributed by atoms with Crippen molar-refractivity contribution in [2.75, 3.05) is 31.7 Å². The minimum absolute atomic E-state index is 0.0131. The lowest BCUT2D eigenvalue weighted by Gasteiger charge is -2.22. The van der Waals surface area contributed by atoms with Crippen molar-refractivity contribution < 1.29 is 22.0 Å². The minimum atomic E-state index is -3.87. The molecule has 3 aromatic rings. The van der Waals surface area contributed by atoms with Crippen LogP contribution in [-0.2, 0) is 20.0 Å². The van der Waals surface area contributed by atoms with Crippen LogP contribution in [0.3, 0.4) is 0 Å². The van der Waals surface area contributed by atoms with Gasteiger partial charge in [-0.15, -0.1) is 4.91 Å². The lowest BCUT2D eigenvalue weighted by Crippen LogP contribution is -2.32. The SMILES string of the molecule is CCCN(CCC)S(=O)(=O)c1ccc2c(NO)c3ccc(S(=O)(=O)N(CCC)CCC)cc3c(N=O)c2c1. The molecule has 12 heteroatoms. The van der Waals surface area contributed by atoms with Crippen molar-refractivity contribution in [3.8, 4) is 0 Å². The summed E-state index contributed by atoms with van der Waals surface area (Å²) < 4.78 is 56.5. The Bertz CT molecular complexity index is 1410. The number of anilines is 1. The third-order valence-corrected chi connectivity index (χ3v) is 10.2. The van der Waals surface area contributed by atoms with E-state index >= 15 is 0 Å². The van der Waals surface area contributed by atoms with Gasteiger partial charge in [0.05, 0.1) is 15.5 Å². The maximum Gasteiger partial charge on any atom is 0.243 e. The molecular formula is C26H36N4O6S2. The lowest BCUT2D eigenvalue weighted by atomic mass is 9.99. The molecular weight excluding hydrogens is 528 g/mol. The first-order chi connectivity index (χ1) is 18.1. The van der Waals surface area contributed by atoms with Gasteiger partial charge < -0.3 is 0 Å². The Morgan fingerprint density at radius 2 is 1.05 bits per heavy atom. The fourth-order valence-corrected chi connectivity index (χ4v) is 8.01. The van der Waals surface area contributed by atoms with Gasteiger partial charge in [-0.3, -0.25) is 10.7 Å². The fraction of sp³-hybridized carbons (Fsp3) is 0.462. The molecule has 0 bridgehead atoms. The predicted octanol–water partition coefficient (Wildman–Crippen LogP) is 5.81. The molecule has 10 nitrogen and oxygen atoms in total. The summed E-state index contributed by atoms with van der Waals surface area (Å²) in [5.74, 6) is 0. The topological polar surface area (TPSA) is 136 Å². The molecule has 0 aliphatic heterocycles. The summed E-state index contributed by atoms with van der Waals surface area (Å²) in [6, 6.07) is 8.62. The Morgan fingerprint density at radius 1 is 0.684 bits per heavy atom. The monoisotopic (exact) mass is 564 g/mol. The molecule has 38 heavy (non-hydrogen) atoms. The lowest BCUT2D eigenvalue weighted by molar-refractivity contribution is 0.390. The number of sulfonamides is 2. The van der Waals surface area contributed by atoms with E-state index in [1.807, 2.05) is 27.7 Å². The summed E-state index contributed by atoms with van der Waals surface area (Å²) in [5, 5.41) is 14.3. The van der Waals surface area contributed by atoms with Crippen molar-refractivity contribution >= 4 is 53.0 Å². The maximum atomic E-state index is 13.4. The molecule has 0 amide bonds.